The van der Waals surface area contributed by atoms with Crippen LogP contribution in [0.2, 0.25) is 0 Å². The Morgan fingerprint density at radius 1 is 0.277 bits per heavy atom. The SMILES string of the molecule is CC1(C)c2ccccc2Cc2ccccc21.CC1(C)c2ccccc2N(c2ccc(S(=O)(=O)c3ccc(-c4ccc(N(c5ccccc5)c5ccccc5)cc4)cc3)cc2)c2ccccc21.O=S(=O)(c1ccc(Br)cc1)c1ccc(-c2ccc(N(c3ccccc3)c3ccccc3)cc2)cc1. The van der Waals surface area contributed by atoms with Crippen molar-refractivity contribution in [2.75, 3.05) is 14.7 Å². The van der Waals surface area contributed by atoms with Crippen molar-refractivity contribution in [3.63, 3.8) is 0 Å². The van der Waals surface area contributed by atoms with Gasteiger partial charge in [-0.05, 0) is 220 Å². The van der Waals surface area contributed by atoms with E-state index in [-0.39, 0.29) is 30.4 Å². The van der Waals surface area contributed by atoms with Crippen LogP contribution in [0, 0.1) is 0 Å². The van der Waals surface area contributed by atoms with Crippen molar-refractivity contribution in [3.05, 3.63) is 402 Å². The minimum absolute atomic E-state index is 0.144. The van der Waals surface area contributed by atoms with Crippen molar-refractivity contribution < 1.29 is 16.8 Å². The molecule has 1 aliphatic carbocycles. The van der Waals surface area contributed by atoms with Gasteiger partial charge in [-0.2, -0.15) is 0 Å². The van der Waals surface area contributed by atoms with Crippen LogP contribution >= 0.6 is 15.9 Å². The second kappa shape index (κ2) is 28.6. The van der Waals surface area contributed by atoms with Gasteiger partial charge < -0.3 is 14.7 Å². The maximum absolute atomic E-state index is 13.8. The van der Waals surface area contributed by atoms with Crippen LogP contribution in [0.3, 0.4) is 0 Å². The van der Waals surface area contributed by atoms with Gasteiger partial charge >= 0.3 is 0 Å². The second-order valence-electron chi connectivity index (χ2n) is 26.2. The number of hydrogen-bond acceptors (Lipinski definition) is 7. The van der Waals surface area contributed by atoms with Crippen molar-refractivity contribution >= 4 is 86.8 Å². The highest BCUT2D eigenvalue weighted by Gasteiger charge is 2.37. The first-order chi connectivity index (χ1) is 49.0. The summed E-state index contributed by atoms with van der Waals surface area (Å²) in [6, 6.07) is 120. The van der Waals surface area contributed by atoms with Gasteiger partial charge in [0.15, 0.2) is 0 Å². The lowest BCUT2D eigenvalue weighted by molar-refractivity contribution is 0.594. The van der Waals surface area contributed by atoms with Gasteiger partial charge in [-0.15, -0.1) is 0 Å². The summed E-state index contributed by atoms with van der Waals surface area (Å²) >= 11 is 3.35. The minimum Gasteiger partial charge on any atom is -0.311 e. The Kier molecular flexibility index (Phi) is 19.0. The van der Waals surface area contributed by atoms with Crippen molar-refractivity contribution in [3.8, 4) is 22.3 Å². The molecule has 0 fully saturated rings. The van der Waals surface area contributed by atoms with Crippen LogP contribution in [0.5, 0.6) is 0 Å². The zero-order valence-electron chi connectivity index (χ0n) is 56.5. The standard InChI is InChI=1S/C45H36N2O2S.C30H22BrNO2S.C16H16/c1-45(2)41-17-9-11-19-43(41)47(44-20-12-10-18-42(44)45)38-27-31-40(32-28-38)50(48,49)39-29-23-34(24-30-39)33-21-25-37(26-22-33)46(35-13-5-3-6-14-35)36-15-7-4-8-16-36;31-25-15-21-30(22-16-25)35(33,34)29-19-13-24(14-20-29)23-11-17-28(18-12-23)32(26-7-3-1-4-8-26)27-9-5-2-6-10-27;1-16(2)14-9-5-3-7-12(14)11-13-8-4-6-10-15(13)16/h3-32H,1-2H3;1-22H;3-10H,11H2,1-2H3. The summed E-state index contributed by atoms with van der Waals surface area (Å²) < 4.78 is 54.4. The summed E-state index contributed by atoms with van der Waals surface area (Å²) in [6.45, 7) is 9.15. The Labute approximate surface area is 602 Å². The third kappa shape index (κ3) is 13.7. The number of anilines is 9. The molecule has 0 bridgehead atoms. The summed E-state index contributed by atoms with van der Waals surface area (Å²) in [5.74, 6) is 0. The van der Waals surface area contributed by atoms with Crippen LogP contribution in [-0.4, -0.2) is 16.8 Å². The Morgan fingerprint density at radius 3 is 0.861 bits per heavy atom. The summed E-state index contributed by atoms with van der Waals surface area (Å²) in [5, 5.41) is 0. The molecule has 0 radical (unpaired) electrons. The number of fused-ring (bicyclic) bond motifs is 4. The van der Waals surface area contributed by atoms with Gasteiger partial charge in [0.2, 0.25) is 19.7 Å². The monoisotopic (exact) mass is 1420 g/mol. The normalized spacial score (nSPS) is 13.1. The lowest BCUT2D eigenvalue weighted by atomic mass is 9.69. The van der Waals surface area contributed by atoms with Crippen LogP contribution in [0.25, 0.3) is 22.3 Å². The van der Waals surface area contributed by atoms with E-state index >= 15 is 0 Å². The molecular formula is C91H74BrN3O4S2. The van der Waals surface area contributed by atoms with E-state index in [0.29, 0.717) is 0 Å². The van der Waals surface area contributed by atoms with Crippen molar-refractivity contribution in [1.82, 2.24) is 0 Å². The Hall–Kier alpha value is -11.1. The van der Waals surface area contributed by atoms with Gasteiger partial charge in [0.25, 0.3) is 0 Å². The van der Waals surface area contributed by atoms with Gasteiger partial charge in [-0.1, -0.05) is 250 Å². The highest BCUT2D eigenvalue weighted by molar-refractivity contribution is 9.10. The molecule has 0 aromatic heterocycles. The van der Waals surface area contributed by atoms with Gasteiger partial charge in [0, 0.05) is 55.1 Å². The highest BCUT2D eigenvalue weighted by Crippen LogP contribution is 2.52. The zero-order chi connectivity index (χ0) is 69.7. The van der Waals surface area contributed by atoms with E-state index in [1.54, 1.807) is 60.7 Å². The molecule has 2 aliphatic rings. The number of hydrogen-bond donors (Lipinski definition) is 0. The fraction of sp³-hybridized carbons (Fsp3) is 0.0769. The molecule has 1 aliphatic heterocycles. The summed E-state index contributed by atoms with van der Waals surface area (Å²) in [7, 11) is -7.29. The van der Waals surface area contributed by atoms with Crippen LogP contribution in [0.1, 0.15) is 61.1 Å². The predicted molar refractivity (Wildman–Crippen MR) is 419 cm³/mol. The molecule has 7 nitrogen and oxygen atoms in total. The molecule has 16 rings (SSSR count). The van der Waals surface area contributed by atoms with Gasteiger partial charge in [-0.25, -0.2) is 16.8 Å². The minimum atomic E-state index is -3.73. The number of rotatable bonds is 13. The van der Waals surface area contributed by atoms with Gasteiger partial charge in [0.1, 0.15) is 0 Å². The smallest absolute Gasteiger partial charge is 0.206 e. The topological polar surface area (TPSA) is 78.0 Å². The Morgan fingerprint density at radius 2 is 0.525 bits per heavy atom. The lowest BCUT2D eigenvalue weighted by Crippen LogP contribution is -2.30. The van der Waals surface area contributed by atoms with Crippen molar-refractivity contribution in [2.45, 2.75) is 64.5 Å². The molecular weight excluding hydrogens is 1340 g/mol. The third-order valence-electron chi connectivity index (χ3n) is 19.2. The first kappa shape index (κ1) is 67.1. The number of sulfone groups is 2. The lowest BCUT2D eigenvalue weighted by Gasteiger charge is -2.42. The maximum atomic E-state index is 13.8. The Bertz CT molecular complexity index is 5260. The summed E-state index contributed by atoms with van der Waals surface area (Å²) in [5.41, 5.74) is 21.8. The molecule has 0 N–H and O–H groups in total. The molecule has 496 valence electrons. The highest BCUT2D eigenvalue weighted by atomic mass is 79.9. The molecule has 1 heterocycles. The first-order valence-electron chi connectivity index (χ1n) is 33.8. The maximum Gasteiger partial charge on any atom is 0.206 e. The fourth-order valence-corrected chi connectivity index (χ4v) is 16.8. The fourth-order valence-electron chi connectivity index (χ4n) is 14.0. The van der Waals surface area contributed by atoms with E-state index in [2.05, 4.69) is 252 Å². The number of para-hydroxylation sites is 6. The molecule has 0 amide bonds. The zero-order valence-corrected chi connectivity index (χ0v) is 59.7. The molecule has 101 heavy (non-hydrogen) atoms. The molecule has 0 saturated heterocycles. The van der Waals surface area contributed by atoms with E-state index < -0.39 is 19.7 Å². The van der Waals surface area contributed by atoms with Crippen molar-refractivity contribution in [1.29, 1.82) is 0 Å². The summed E-state index contributed by atoms with van der Waals surface area (Å²) in [6.07, 6.45) is 1.08. The molecule has 0 atom stereocenters. The van der Waals surface area contributed by atoms with Crippen LogP contribution in [0.15, 0.2) is 388 Å². The van der Waals surface area contributed by atoms with E-state index in [4.69, 9.17) is 0 Å². The van der Waals surface area contributed by atoms with E-state index in [0.717, 1.165) is 84.3 Å². The average Bonchev–Trinajstić information content (AvgIpc) is 0.726. The van der Waals surface area contributed by atoms with E-state index in [1.807, 2.05) is 109 Å². The molecule has 14 aromatic rings. The molecule has 10 heteroatoms. The largest absolute Gasteiger partial charge is 0.311 e. The van der Waals surface area contributed by atoms with Crippen LogP contribution in [0.4, 0.5) is 51.2 Å². The molecule has 0 unspecified atom stereocenters. The van der Waals surface area contributed by atoms with Gasteiger partial charge in [0.05, 0.1) is 31.0 Å². The summed E-state index contributed by atoms with van der Waals surface area (Å²) in [4.78, 5) is 7.73. The van der Waals surface area contributed by atoms with Crippen LogP contribution in [-0.2, 0) is 36.9 Å². The van der Waals surface area contributed by atoms with Gasteiger partial charge in [-0.3, -0.25) is 0 Å². The quantitative estimate of drug-likeness (QED) is 0.114. The first-order valence-corrected chi connectivity index (χ1v) is 37.5. The van der Waals surface area contributed by atoms with E-state index in [9.17, 15) is 16.8 Å². The molecule has 0 saturated carbocycles. The predicted octanol–water partition coefficient (Wildman–Crippen LogP) is 24.1. The Balaban J connectivity index is 0.000000146. The van der Waals surface area contributed by atoms with Crippen molar-refractivity contribution in [2.24, 2.45) is 0 Å². The number of nitrogens with zero attached hydrogens (tertiary/aromatic N) is 3. The average molecular weight is 1420 g/mol. The number of benzene rings is 14. The molecule has 0 spiro atoms. The number of halogens is 1. The second-order valence-corrected chi connectivity index (χ2v) is 31.0. The third-order valence-corrected chi connectivity index (χ3v) is 23.3. The van der Waals surface area contributed by atoms with E-state index in [1.165, 1.54) is 33.4 Å². The van der Waals surface area contributed by atoms with Crippen LogP contribution < -0.4 is 14.7 Å². The molecule has 14 aromatic carbocycles.